The van der Waals surface area contributed by atoms with Crippen molar-refractivity contribution in [3.8, 4) is 11.3 Å². The van der Waals surface area contributed by atoms with Crippen LogP contribution in [0, 0.1) is 12.8 Å². The molecule has 0 radical (unpaired) electrons. The van der Waals surface area contributed by atoms with E-state index >= 15 is 0 Å². The summed E-state index contributed by atoms with van der Waals surface area (Å²) in [4.78, 5) is 14.8. The van der Waals surface area contributed by atoms with Gasteiger partial charge in [0, 0.05) is 18.7 Å². The highest BCUT2D eigenvalue weighted by Gasteiger charge is 2.28. The van der Waals surface area contributed by atoms with Crippen LogP contribution in [0.3, 0.4) is 0 Å². The topological polar surface area (TPSA) is 46.3 Å². The standard InChI is InChI=1S/C17H20N2O2/c1-12-7-6-10-19(11-12)17(20)15-13(2)21-18-16(15)14-8-4-3-5-9-14/h3-5,8-9,12H,6-7,10-11H2,1-2H3/t12-/m0/s1. The zero-order chi connectivity index (χ0) is 14.8. The minimum absolute atomic E-state index is 0.0409. The summed E-state index contributed by atoms with van der Waals surface area (Å²) in [6, 6.07) is 9.73. The zero-order valence-corrected chi connectivity index (χ0v) is 12.5. The van der Waals surface area contributed by atoms with Crippen LogP contribution in [0.1, 0.15) is 35.9 Å². The first kappa shape index (κ1) is 13.9. The number of hydrogen-bond acceptors (Lipinski definition) is 3. The number of carbonyl (C=O) groups excluding carboxylic acids is 1. The second-order valence-corrected chi connectivity index (χ2v) is 5.83. The van der Waals surface area contributed by atoms with Crippen LogP contribution in [0.2, 0.25) is 0 Å². The molecule has 0 saturated carbocycles. The Hall–Kier alpha value is -2.10. The lowest BCUT2D eigenvalue weighted by Gasteiger charge is -2.30. The molecular formula is C17H20N2O2. The average molecular weight is 284 g/mol. The fourth-order valence-electron chi connectivity index (χ4n) is 2.95. The number of hydrogen-bond donors (Lipinski definition) is 0. The monoisotopic (exact) mass is 284 g/mol. The molecule has 2 aromatic rings. The van der Waals surface area contributed by atoms with Crippen molar-refractivity contribution in [1.82, 2.24) is 10.1 Å². The number of carbonyl (C=O) groups is 1. The third kappa shape index (κ3) is 2.71. The molecule has 1 atom stereocenters. The molecule has 1 aromatic carbocycles. The van der Waals surface area contributed by atoms with Gasteiger partial charge >= 0.3 is 0 Å². The maximum atomic E-state index is 12.8. The molecular weight excluding hydrogens is 264 g/mol. The molecule has 110 valence electrons. The van der Waals surface area contributed by atoms with Gasteiger partial charge in [0.1, 0.15) is 17.0 Å². The van der Waals surface area contributed by atoms with Crippen LogP contribution in [0.5, 0.6) is 0 Å². The van der Waals surface area contributed by atoms with E-state index in [9.17, 15) is 4.79 Å². The molecule has 3 rings (SSSR count). The van der Waals surface area contributed by atoms with E-state index in [-0.39, 0.29) is 5.91 Å². The Labute approximate surface area is 124 Å². The van der Waals surface area contributed by atoms with E-state index in [1.165, 1.54) is 6.42 Å². The van der Waals surface area contributed by atoms with Crippen LogP contribution in [0.4, 0.5) is 0 Å². The highest BCUT2D eigenvalue weighted by molar-refractivity contribution is 6.00. The first-order valence-corrected chi connectivity index (χ1v) is 7.48. The van der Waals surface area contributed by atoms with E-state index in [1.54, 1.807) is 6.92 Å². The van der Waals surface area contributed by atoms with E-state index in [2.05, 4.69) is 12.1 Å². The Morgan fingerprint density at radius 2 is 2.10 bits per heavy atom. The highest BCUT2D eigenvalue weighted by atomic mass is 16.5. The van der Waals surface area contributed by atoms with Crippen molar-refractivity contribution in [2.75, 3.05) is 13.1 Å². The number of aryl methyl sites for hydroxylation is 1. The Kier molecular flexibility index (Phi) is 3.78. The lowest BCUT2D eigenvalue weighted by molar-refractivity contribution is 0.0682. The van der Waals surface area contributed by atoms with Gasteiger partial charge in [-0.3, -0.25) is 4.79 Å². The van der Waals surface area contributed by atoms with Crippen molar-refractivity contribution in [2.24, 2.45) is 5.92 Å². The molecule has 4 heteroatoms. The Morgan fingerprint density at radius 1 is 1.33 bits per heavy atom. The molecule has 21 heavy (non-hydrogen) atoms. The van der Waals surface area contributed by atoms with Gasteiger partial charge < -0.3 is 9.42 Å². The quantitative estimate of drug-likeness (QED) is 0.847. The van der Waals surface area contributed by atoms with Crippen LogP contribution in [-0.2, 0) is 0 Å². The number of rotatable bonds is 2. The summed E-state index contributed by atoms with van der Waals surface area (Å²) < 4.78 is 5.29. The van der Waals surface area contributed by atoms with Gasteiger partial charge in [-0.25, -0.2) is 0 Å². The summed E-state index contributed by atoms with van der Waals surface area (Å²) in [6.45, 7) is 5.64. The molecule has 1 aliphatic heterocycles. The van der Waals surface area contributed by atoms with Gasteiger partial charge in [0.25, 0.3) is 5.91 Å². The van der Waals surface area contributed by atoms with Gasteiger partial charge in [0.15, 0.2) is 0 Å². The van der Waals surface area contributed by atoms with Crippen molar-refractivity contribution in [3.63, 3.8) is 0 Å². The van der Waals surface area contributed by atoms with Crippen molar-refractivity contribution in [1.29, 1.82) is 0 Å². The number of nitrogens with zero attached hydrogens (tertiary/aromatic N) is 2. The summed E-state index contributed by atoms with van der Waals surface area (Å²) in [7, 11) is 0. The summed E-state index contributed by atoms with van der Waals surface area (Å²) in [5, 5.41) is 4.10. The van der Waals surface area contributed by atoms with E-state index in [4.69, 9.17) is 4.52 Å². The van der Waals surface area contributed by atoms with Crippen molar-refractivity contribution in [3.05, 3.63) is 41.7 Å². The third-order valence-corrected chi connectivity index (χ3v) is 4.07. The fourth-order valence-corrected chi connectivity index (χ4v) is 2.95. The van der Waals surface area contributed by atoms with Crippen LogP contribution in [0.25, 0.3) is 11.3 Å². The minimum Gasteiger partial charge on any atom is -0.360 e. The number of aromatic nitrogens is 1. The average Bonchev–Trinajstić information content (AvgIpc) is 2.89. The molecule has 4 nitrogen and oxygen atoms in total. The van der Waals surface area contributed by atoms with Gasteiger partial charge in [0.2, 0.25) is 0 Å². The van der Waals surface area contributed by atoms with Gasteiger partial charge in [0.05, 0.1) is 0 Å². The van der Waals surface area contributed by atoms with E-state index in [0.717, 1.165) is 25.1 Å². The van der Waals surface area contributed by atoms with Gasteiger partial charge in [-0.05, 0) is 25.7 Å². The number of piperidine rings is 1. The van der Waals surface area contributed by atoms with Crippen LogP contribution >= 0.6 is 0 Å². The van der Waals surface area contributed by atoms with E-state index in [1.807, 2.05) is 35.2 Å². The molecule has 1 fully saturated rings. The second-order valence-electron chi connectivity index (χ2n) is 5.83. The summed E-state index contributed by atoms with van der Waals surface area (Å²) in [6.07, 6.45) is 2.26. The maximum Gasteiger partial charge on any atom is 0.259 e. The third-order valence-electron chi connectivity index (χ3n) is 4.07. The second kappa shape index (κ2) is 5.72. The van der Waals surface area contributed by atoms with Gasteiger partial charge in [-0.1, -0.05) is 42.4 Å². The first-order valence-electron chi connectivity index (χ1n) is 7.48. The maximum absolute atomic E-state index is 12.8. The molecule has 0 aliphatic carbocycles. The lowest BCUT2D eigenvalue weighted by Crippen LogP contribution is -2.39. The highest BCUT2D eigenvalue weighted by Crippen LogP contribution is 2.27. The zero-order valence-electron chi connectivity index (χ0n) is 12.5. The predicted molar refractivity (Wildman–Crippen MR) is 81.0 cm³/mol. The molecule has 1 amide bonds. The van der Waals surface area contributed by atoms with Crippen LogP contribution < -0.4 is 0 Å². The molecule has 2 heterocycles. The molecule has 0 bridgehead atoms. The van der Waals surface area contributed by atoms with Crippen LogP contribution in [0.15, 0.2) is 34.9 Å². The summed E-state index contributed by atoms with van der Waals surface area (Å²) >= 11 is 0. The van der Waals surface area contributed by atoms with Crippen molar-refractivity contribution in [2.45, 2.75) is 26.7 Å². The van der Waals surface area contributed by atoms with E-state index in [0.29, 0.717) is 22.9 Å². The van der Waals surface area contributed by atoms with Gasteiger partial charge in [-0.2, -0.15) is 0 Å². The Bertz CT molecular complexity index is 633. The van der Waals surface area contributed by atoms with Crippen molar-refractivity contribution >= 4 is 5.91 Å². The Morgan fingerprint density at radius 3 is 2.81 bits per heavy atom. The first-order chi connectivity index (χ1) is 10.2. The molecule has 0 spiro atoms. The molecule has 1 aliphatic rings. The summed E-state index contributed by atoms with van der Waals surface area (Å²) in [5.74, 6) is 1.19. The molecule has 1 saturated heterocycles. The summed E-state index contributed by atoms with van der Waals surface area (Å²) in [5.41, 5.74) is 2.18. The van der Waals surface area contributed by atoms with E-state index < -0.39 is 0 Å². The fraction of sp³-hybridized carbons (Fsp3) is 0.412. The molecule has 0 unspecified atom stereocenters. The van der Waals surface area contributed by atoms with Gasteiger partial charge in [-0.15, -0.1) is 0 Å². The largest absolute Gasteiger partial charge is 0.360 e. The number of amides is 1. The number of likely N-dealkylation sites (tertiary alicyclic amines) is 1. The smallest absolute Gasteiger partial charge is 0.259 e. The van der Waals surface area contributed by atoms with Crippen LogP contribution in [-0.4, -0.2) is 29.1 Å². The number of benzene rings is 1. The normalized spacial score (nSPS) is 18.8. The molecule has 0 N–H and O–H groups in total. The van der Waals surface area contributed by atoms with Crippen molar-refractivity contribution < 1.29 is 9.32 Å². The SMILES string of the molecule is Cc1onc(-c2ccccc2)c1C(=O)N1CCC[C@H](C)C1. The Balaban J connectivity index is 1.95. The lowest BCUT2D eigenvalue weighted by atomic mass is 9.98. The molecule has 1 aromatic heterocycles. The minimum atomic E-state index is 0.0409. The predicted octanol–water partition coefficient (Wildman–Crippen LogP) is 3.52.